The van der Waals surface area contributed by atoms with Crippen LogP contribution in [0, 0.1) is 0 Å². The number of carbonyl (C=O) groups excluding carboxylic acids is 2. The Labute approximate surface area is 154 Å². The Kier molecular flexibility index (Phi) is 11.0. The fourth-order valence-electron chi connectivity index (χ4n) is 1.87. The SMILES string of the molecule is CC(=O)Cl.CCc1ccc(C(C)=O)c(O)c1.CCc1cccc(O)c1. The molecule has 136 valence electrons. The van der Waals surface area contributed by atoms with Crippen molar-refractivity contribution in [1.82, 2.24) is 0 Å². The fraction of sp³-hybridized carbons (Fsp3) is 0.300. The standard InChI is InChI=1S/C10H12O2.C8H10O.C2H3ClO/c1-3-8-4-5-9(7(2)11)10(12)6-8;1-2-7-4-3-5-8(9)6-7;1-2(3)4/h4-6,12H,3H2,1-2H3;3-6,9H,2H2,1H3;1H3. The van der Waals surface area contributed by atoms with Crippen molar-refractivity contribution < 1.29 is 19.8 Å². The van der Waals surface area contributed by atoms with Crippen LogP contribution in [0.25, 0.3) is 0 Å². The van der Waals surface area contributed by atoms with Crippen molar-refractivity contribution in [3.05, 3.63) is 59.2 Å². The van der Waals surface area contributed by atoms with E-state index in [0.717, 1.165) is 18.4 Å². The summed E-state index contributed by atoms with van der Waals surface area (Å²) in [5.41, 5.74) is 2.61. The van der Waals surface area contributed by atoms with Crippen LogP contribution in [0.4, 0.5) is 0 Å². The lowest BCUT2D eigenvalue weighted by molar-refractivity contribution is -0.109. The number of benzene rings is 2. The topological polar surface area (TPSA) is 74.6 Å². The maximum Gasteiger partial charge on any atom is 0.218 e. The van der Waals surface area contributed by atoms with Gasteiger partial charge in [0.1, 0.15) is 11.5 Å². The van der Waals surface area contributed by atoms with Crippen LogP contribution in [-0.4, -0.2) is 21.2 Å². The average Bonchev–Trinajstić information content (AvgIpc) is 2.54. The second kappa shape index (κ2) is 12.1. The van der Waals surface area contributed by atoms with Gasteiger partial charge in [-0.25, -0.2) is 0 Å². The monoisotopic (exact) mass is 364 g/mol. The van der Waals surface area contributed by atoms with Crippen molar-refractivity contribution in [3.8, 4) is 11.5 Å². The van der Waals surface area contributed by atoms with Gasteiger partial charge in [0.2, 0.25) is 5.24 Å². The zero-order valence-electron chi connectivity index (χ0n) is 15.0. The van der Waals surface area contributed by atoms with Gasteiger partial charge in [-0.2, -0.15) is 0 Å². The summed E-state index contributed by atoms with van der Waals surface area (Å²) in [5, 5.41) is 18.0. The van der Waals surface area contributed by atoms with E-state index >= 15 is 0 Å². The van der Waals surface area contributed by atoms with Crippen molar-refractivity contribution in [1.29, 1.82) is 0 Å². The smallest absolute Gasteiger partial charge is 0.218 e. The second-order valence-corrected chi connectivity index (χ2v) is 5.79. The highest BCUT2D eigenvalue weighted by molar-refractivity contribution is 6.62. The van der Waals surface area contributed by atoms with Gasteiger partial charge in [0, 0.05) is 6.92 Å². The highest BCUT2D eigenvalue weighted by Crippen LogP contribution is 2.19. The minimum Gasteiger partial charge on any atom is -0.508 e. The largest absolute Gasteiger partial charge is 0.508 e. The molecule has 2 aromatic rings. The molecule has 0 aliphatic heterocycles. The van der Waals surface area contributed by atoms with E-state index in [-0.39, 0.29) is 16.8 Å². The number of rotatable bonds is 3. The summed E-state index contributed by atoms with van der Waals surface area (Å²) in [6, 6.07) is 12.5. The Morgan fingerprint density at radius 1 is 0.920 bits per heavy atom. The number of ketones is 1. The molecule has 4 nitrogen and oxygen atoms in total. The second-order valence-electron chi connectivity index (χ2n) is 5.25. The first-order valence-electron chi connectivity index (χ1n) is 7.98. The maximum atomic E-state index is 10.9. The van der Waals surface area contributed by atoms with Gasteiger partial charge >= 0.3 is 0 Å². The minimum absolute atomic E-state index is 0.0850. The first kappa shape index (κ1) is 22.7. The van der Waals surface area contributed by atoms with E-state index in [2.05, 4.69) is 18.5 Å². The van der Waals surface area contributed by atoms with Gasteiger partial charge in [-0.3, -0.25) is 9.59 Å². The number of hydrogen-bond acceptors (Lipinski definition) is 4. The summed E-state index contributed by atoms with van der Waals surface area (Å²) < 4.78 is 0. The normalized spacial score (nSPS) is 9.16. The number of hydrogen-bond donors (Lipinski definition) is 2. The number of phenols is 2. The lowest BCUT2D eigenvalue weighted by atomic mass is 10.1. The zero-order chi connectivity index (χ0) is 19.4. The average molecular weight is 365 g/mol. The molecule has 0 fully saturated rings. The van der Waals surface area contributed by atoms with Crippen LogP contribution in [0.15, 0.2) is 42.5 Å². The van der Waals surface area contributed by atoms with Gasteiger partial charge in [0.05, 0.1) is 5.56 Å². The molecule has 0 radical (unpaired) electrons. The first-order chi connectivity index (χ1) is 11.7. The lowest BCUT2D eigenvalue weighted by Gasteiger charge is -2.02. The molecule has 0 aromatic heterocycles. The molecule has 0 atom stereocenters. The molecule has 25 heavy (non-hydrogen) atoms. The molecule has 0 heterocycles. The molecule has 0 spiro atoms. The number of phenolic OH excluding ortho intramolecular Hbond substituents is 2. The summed E-state index contributed by atoms with van der Waals surface area (Å²) in [7, 11) is 0. The first-order valence-corrected chi connectivity index (χ1v) is 8.35. The van der Waals surface area contributed by atoms with Crippen LogP contribution in [0.2, 0.25) is 0 Å². The molecule has 0 saturated carbocycles. The maximum absolute atomic E-state index is 10.9. The highest BCUT2D eigenvalue weighted by Gasteiger charge is 2.05. The number of carbonyl (C=O) groups is 2. The van der Waals surface area contributed by atoms with Crippen LogP contribution in [-0.2, 0) is 17.6 Å². The molecular formula is C20H25ClO4. The zero-order valence-corrected chi connectivity index (χ0v) is 15.8. The van der Waals surface area contributed by atoms with Gasteiger partial charge < -0.3 is 10.2 Å². The molecular weight excluding hydrogens is 340 g/mol. The molecule has 2 aromatic carbocycles. The van der Waals surface area contributed by atoms with Gasteiger partial charge in [-0.1, -0.05) is 32.0 Å². The Morgan fingerprint density at radius 3 is 1.80 bits per heavy atom. The van der Waals surface area contributed by atoms with E-state index in [1.807, 2.05) is 25.1 Å². The van der Waals surface area contributed by atoms with E-state index in [0.29, 0.717) is 11.3 Å². The molecule has 0 bridgehead atoms. The van der Waals surface area contributed by atoms with Crippen LogP contribution in [0.1, 0.15) is 49.2 Å². The van der Waals surface area contributed by atoms with Crippen molar-refractivity contribution in [2.75, 3.05) is 0 Å². The van der Waals surface area contributed by atoms with Crippen molar-refractivity contribution in [2.45, 2.75) is 40.5 Å². The van der Waals surface area contributed by atoms with Crippen molar-refractivity contribution >= 4 is 22.6 Å². The van der Waals surface area contributed by atoms with Gasteiger partial charge in [-0.05, 0) is 66.8 Å². The van der Waals surface area contributed by atoms with Crippen LogP contribution < -0.4 is 0 Å². The van der Waals surface area contributed by atoms with Crippen LogP contribution in [0.3, 0.4) is 0 Å². The van der Waals surface area contributed by atoms with E-state index in [1.165, 1.54) is 19.4 Å². The van der Waals surface area contributed by atoms with Crippen LogP contribution >= 0.6 is 11.6 Å². The minimum atomic E-state index is -0.361. The van der Waals surface area contributed by atoms with Crippen LogP contribution in [0.5, 0.6) is 11.5 Å². The molecule has 0 aliphatic rings. The Hall–Kier alpha value is -2.33. The van der Waals surface area contributed by atoms with Gasteiger partial charge in [0.25, 0.3) is 0 Å². The summed E-state index contributed by atoms with van der Waals surface area (Å²) in [6.45, 7) is 6.80. The highest BCUT2D eigenvalue weighted by atomic mass is 35.5. The Balaban J connectivity index is 0.000000391. The van der Waals surface area contributed by atoms with E-state index in [4.69, 9.17) is 5.11 Å². The van der Waals surface area contributed by atoms with Gasteiger partial charge in [-0.15, -0.1) is 0 Å². The van der Waals surface area contributed by atoms with Gasteiger partial charge in [0.15, 0.2) is 5.78 Å². The van der Waals surface area contributed by atoms with E-state index < -0.39 is 0 Å². The quantitative estimate of drug-likeness (QED) is 0.601. The Bertz CT molecular complexity index is 692. The van der Waals surface area contributed by atoms with Crippen molar-refractivity contribution in [2.24, 2.45) is 0 Å². The predicted octanol–water partition coefficient (Wildman–Crippen LogP) is 4.88. The summed E-state index contributed by atoms with van der Waals surface area (Å²) >= 11 is 4.64. The van der Waals surface area contributed by atoms with E-state index in [1.54, 1.807) is 24.3 Å². The predicted molar refractivity (Wildman–Crippen MR) is 102 cm³/mol. The molecule has 2 N–H and O–H groups in total. The summed E-state index contributed by atoms with van der Waals surface area (Å²) in [5.74, 6) is 0.339. The number of Topliss-reactive ketones (excluding diaryl/α,β-unsaturated/α-hetero) is 1. The third-order valence-corrected chi connectivity index (χ3v) is 3.17. The lowest BCUT2D eigenvalue weighted by Crippen LogP contribution is -1.93. The summed E-state index contributed by atoms with van der Waals surface area (Å²) in [6.07, 6.45) is 1.85. The Morgan fingerprint density at radius 2 is 1.44 bits per heavy atom. The van der Waals surface area contributed by atoms with E-state index in [9.17, 15) is 14.7 Å². The summed E-state index contributed by atoms with van der Waals surface area (Å²) in [4.78, 5) is 20.1. The number of aromatic hydroxyl groups is 2. The molecule has 2 rings (SSSR count). The molecule has 0 aliphatic carbocycles. The molecule has 5 heteroatoms. The molecule has 0 unspecified atom stereocenters. The van der Waals surface area contributed by atoms with Crippen molar-refractivity contribution in [3.63, 3.8) is 0 Å². The molecule has 0 amide bonds. The number of halogens is 1. The number of aryl methyl sites for hydroxylation is 2. The fourth-order valence-corrected chi connectivity index (χ4v) is 1.87. The third-order valence-electron chi connectivity index (χ3n) is 3.17. The third kappa shape index (κ3) is 10.2. The molecule has 0 saturated heterocycles.